The van der Waals surface area contributed by atoms with Crippen molar-refractivity contribution in [3.8, 4) is 5.88 Å². The van der Waals surface area contributed by atoms with Gasteiger partial charge in [-0.2, -0.15) is 4.98 Å². The van der Waals surface area contributed by atoms with E-state index in [1.165, 1.54) is 11.3 Å². The fourth-order valence-electron chi connectivity index (χ4n) is 3.47. The fraction of sp³-hybridized carbons (Fsp3) is 0.381. The molecule has 7 heteroatoms. The molecule has 0 aliphatic heterocycles. The molecule has 2 heterocycles. The number of aromatic nitrogens is 2. The average molecular weight is 398 g/mol. The molecule has 2 aromatic heterocycles. The van der Waals surface area contributed by atoms with Crippen molar-refractivity contribution in [1.82, 2.24) is 15.3 Å². The molecule has 0 spiro atoms. The predicted molar refractivity (Wildman–Crippen MR) is 109 cm³/mol. The lowest BCUT2D eigenvalue weighted by molar-refractivity contribution is 0.0935. The normalized spacial score (nSPS) is 14.8. The molecule has 1 amide bonds. The SMILES string of the molecule is COCc1nc(OC)c2c(C)c(C(=O)NC(c3ccccc3)C3CC3)sc2n1. The fourth-order valence-corrected chi connectivity index (χ4v) is 4.57. The van der Waals surface area contributed by atoms with E-state index in [0.29, 0.717) is 29.1 Å². The Morgan fingerprint density at radius 2 is 2.00 bits per heavy atom. The lowest BCUT2D eigenvalue weighted by Crippen LogP contribution is -2.29. The molecule has 1 N–H and O–H groups in total. The lowest BCUT2D eigenvalue weighted by atomic mass is 10.0. The van der Waals surface area contributed by atoms with Crippen LogP contribution in [0.15, 0.2) is 30.3 Å². The second-order valence-corrected chi connectivity index (χ2v) is 8.02. The van der Waals surface area contributed by atoms with Crippen molar-refractivity contribution < 1.29 is 14.3 Å². The number of fused-ring (bicyclic) bond motifs is 1. The van der Waals surface area contributed by atoms with Gasteiger partial charge in [0.2, 0.25) is 5.88 Å². The molecule has 1 unspecified atom stereocenters. The number of benzene rings is 1. The first-order valence-electron chi connectivity index (χ1n) is 9.31. The summed E-state index contributed by atoms with van der Waals surface area (Å²) in [6.45, 7) is 2.22. The maximum absolute atomic E-state index is 13.1. The van der Waals surface area contributed by atoms with Gasteiger partial charge >= 0.3 is 0 Å². The molecule has 0 bridgehead atoms. The van der Waals surface area contributed by atoms with Gasteiger partial charge in [-0.15, -0.1) is 11.3 Å². The molecule has 1 saturated carbocycles. The average Bonchev–Trinajstić information content (AvgIpc) is 3.50. The molecule has 28 heavy (non-hydrogen) atoms. The molecule has 146 valence electrons. The Balaban J connectivity index is 1.68. The number of nitrogens with zero attached hydrogens (tertiary/aromatic N) is 2. The van der Waals surface area contributed by atoms with Crippen molar-refractivity contribution >= 4 is 27.5 Å². The molecule has 4 rings (SSSR count). The summed E-state index contributed by atoms with van der Waals surface area (Å²) in [5, 5.41) is 4.04. The highest BCUT2D eigenvalue weighted by molar-refractivity contribution is 7.20. The number of rotatable bonds is 7. The topological polar surface area (TPSA) is 73.3 Å². The van der Waals surface area contributed by atoms with Crippen LogP contribution in [0.4, 0.5) is 0 Å². The van der Waals surface area contributed by atoms with Gasteiger partial charge in [0.25, 0.3) is 5.91 Å². The molecule has 3 aromatic rings. The third-order valence-corrected chi connectivity index (χ3v) is 6.20. The zero-order valence-corrected chi connectivity index (χ0v) is 17.0. The number of hydrogen-bond donors (Lipinski definition) is 1. The van der Waals surface area contributed by atoms with Crippen LogP contribution in [0, 0.1) is 12.8 Å². The van der Waals surface area contributed by atoms with Crippen molar-refractivity contribution in [2.24, 2.45) is 5.92 Å². The quantitative estimate of drug-likeness (QED) is 0.651. The number of methoxy groups -OCH3 is 2. The molecule has 1 aromatic carbocycles. The number of ether oxygens (including phenoxy) is 2. The molecule has 1 fully saturated rings. The molecular formula is C21H23N3O3S. The summed E-state index contributed by atoms with van der Waals surface area (Å²) >= 11 is 1.37. The Bertz CT molecular complexity index is 999. The van der Waals surface area contributed by atoms with Crippen LogP contribution in [0.2, 0.25) is 0 Å². The van der Waals surface area contributed by atoms with Gasteiger partial charge in [-0.05, 0) is 36.8 Å². The van der Waals surface area contributed by atoms with Crippen molar-refractivity contribution in [1.29, 1.82) is 0 Å². The highest BCUT2D eigenvalue weighted by atomic mass is 32.1. The first-order chi connectivity index (χ1) is 13.6. The van der Waals surface area contributed by atoms with Crippen LogP contribution < -0.4 is 10.1 Å². The Hall–Kier alpha value is -2.51. The third-order valence-electron chi connectivity index (χ3n) is 5.01. The number of nitrogens with one attached hydrogen (secondary N) is 1. The van der Waals surface area contributed by atoms with Crippen LogP contribution in [0.3, 0.4) is 0 Å². The minimum Gasteiger partial charge on any atom is -0.480 e. The van der Waals surface area contributed by atoms with Crippen molar-refractivity contribution in [2.75, 3.05) is 14.2 Å². The smallest absolute Gasteiger partial charge is 0.262 e. The van der Waals surface area contributed by atoms with E-state index in [4.69, 9.17) is 9.47 Å². The Morgan fingerprint density at radius 1 is 1.25 bits per heavy atom. The number of thiophene rings is 1. The lowest BCUT2D eigenvalue weighted by Gasteiger charge is -2.18. The summed E-state index contributed by atoms with van der Waals surface area (Å²) in [5.41, 5.74) is 2.00. The zero-order chi connectivity index (χ0) is 19.7. The number of carbonyl (C=O) groups is 1. The second kappa shape index (κ2) is 7.85. The van der Waals surface area contributed by atoms with E-state index in [9.17, 15) is 4.79 Å². The van der Waals surface area contributed by atoms with Gasteiger partial charge in [-0.25, -0.2) is 4.98 Å². The van der Waals surface area contributed by atoms with Gasteiger partial charge in [0, 0.05) is 7.11 Å². The van der Waals surface area contributed by atoms with Crippen LogP contribution in [0.1, 0.15) is 45.5 Å². The van der Waals surface area contributed by atoms with Gasteiger partial charge in [0.1, 0.15) is 11.4 Å². The zero-order valence-electron chi connectivity index (χ0n) is 16.2. The van der Waals surface area contributed by atoms with E-state index in [2.05, 4.69) is 27.4 Å². The summed E-state index contributed by atoms with van der Waals surface area (Å²) in [6.07, 6.45) is 2.29. The van der Waals surface area contributed by atoms with E-state index in [1.807, 2.05) is 25.1 Å². The van der Waals surface area contributed by atoms with Crippen molar-refractivity contribution in [3.05, 3.63) is 52.2 Å². The minimum absolute atomic E-state index is 0.0374. The van der Waals surface area contributed by atoms with Crippen molar-refractivity contribution in [3.63, 3.8) is 0 Å². The molecule has 0 saturated heterocycles. The van der Waals surface area contributed by atoms with Gasteiger partial charge in [-0.3, -0.25) is 4.79 Å². The Labute approximate surface area is 167 Å². The minimum atomic E-state index is -0.0726. The van der Waals surface area contributed by atoms with Crippen LogP contribution in [-0.4, -0.2) is 30.1 Å². The summed E-state index contributed by atoms with van der Waals surface area (Å²) in [5.74, 6) is 1.45. The molecule has 0 radical (unpaired) electrons. The van der Waals surface area contributed by atoms with E-state index in [0.717, 1.165) is 34.2 Å². The highest BCUT2D eigenvalue weighted by Crippen LogP contribution is 2.42. The van der Waals surface area contributed by atoms with Gasteiger partial charge in [0.15, 0.2) is 5.82 Å². The summed E-state index contributed by atoms with van der Waals surface area (Å²) in [6, 6.07) is 10.2. The van der Waals surface area contributed by atoms with E-state index in [-0.39, 0.29) is 11.9 Å². The number of aryl methyl sites for hydroxylation is 1. The number of carbonyl (C=O) groups excluding carboxylic acids is 1. The van der Waals surface area contributed by atoms with Crippen LogP contribution >= 0.6 is 11.3 Å². The van der Waals surface area contributed by atoms with Crippen LogP contribution in [-0.2, 0) is 11.3 Å². The summed E-state index contributed by atoms with van der Waals surface area (Å²) < 4.78 is 10.6. The standard InChI is InChI=1S/C21H23N3O3S/c1-12-16-20(27-3)22-15(11-26-2)23-21(16)28-18(12)19(25)24-17(14-9-10-14)13-7-5-4-6-8-13/h4-8,14,17H,9-11H2,1-3H3,(H,24,25). The maximum Gasteiger partial charge on any atom is 0.262 e. The van der Waals surface area contributed by atoms with Crippen LogP contribution in [0.5, 0.6) is 5.88 Å². The Kier molecular flexibility index (Phi) is 5.28. The van der Waals surface area contributed by atoms with E-state index < -0.39 is 0 Å². The van der Waals surface area contributed by atoms with E-state index >= 15 is 0 Å². The van der Waals surface area contributed by atoms with Gasteiger partial charge in [-0.1, -0.05) is 30.3 Å². The number of hydrogen-bond acceptors (Lipinski definition) is 6. The second-order valence-electron chi connectivity index (χ2n) is 7.02. The Morgan fingerprint density at radius 3 is 2.64 bits per heavy atom. The van der Waals surface area contributed by atoms with Gasteiger partial charge in [0.05, 0.1) is 23.4 Å². The van der Waals surface area contributed by atoms with Crippen LogP contribution in [0.25, 0.3) is 10.2 Å². The molecular weight excluding hydrogens is 374 g/mol. The maximum atomic E-state index is 13.1. The summed E-state index contributed by atoms with van der Waals surface area (Å²) in [4.78, 5) is 23.5. The molecule has 1 aliphatic carbocycles. The largest absolute Gasteiger partial charge is 0.480 e. The highest BCUT2D eigenvalue weighted by Gasteiger charge is 2.34. The first kappa shape index (κ1) is 18.8. The van der Waals surface area contributed by atoms with E-state index in [1.54, 1.807) is 14.2 Å². The van der Waals surface area contributed by atoms with Crippen molar-refractivity contribution in [2.45, 2.75) is 32.4 Å². The van der Waals surface area contributed by atoms with Gasteiger partial charge < -0.3 is 14.8 Å². The molecule has 1 atom stereocenters. The summed E-state index contributed by atoms with van der Waals surface area (Å²) in [7, 11) is 3.17. The number of amides is 1. The monoisotopic (exact) mass is 397 g/mol. The first-order valence-corrected chi connectivity index (χ1v) is 10.1. The molecule has 1 aliphatic rings. The molecule has 6 nitrogen and oxygen atoms in total. The predicted octanol–water partition coefficient (Wildman–Crippen LogP) is 4.04. The third kappa shape index (κ3) is 3.59.